The lowest BCUT2D eigenvalue weighted by Crippen LogP contribution is -2.48. The topological polar surface area (TPSA) is 118 Å². The van der Waals surface area contributed by atoms with Gasteiger partial charge in [-0.05, 0) is 47.7 Å². The highest BCUT2D eigenvalue weighted by atomic mass is 19.4. The third kappa shape index (κ3) is 9.95. The van der Waals surface area contributed by atoms with Crippen LogP contribution in [0.2, 0.25) is 0 Å². The zero-order valence-electron chi connectivity index (χ0n) is 24.2. The highest BCUT2D eigenvalue weighted by Crippen LogP contribution is 2.38. The number of carbonyl (C=O) groups is 2. The molecule has 2 aromatic rings. The smallest absolute Gasteiger partial charge is 0.491 e. The number of halogens is 6. The van der Waals surface area contributed by atoms with Crippen molar-refractivity contribution in [2.24, 2.45) is 16.6 Å². The van der Waals surface area contributed by atoms with Crippen molar-refractivity contribution < 1.29 is 45.4 Å². The van der Waals surface area contributed by atoms with Gasteiger partial charge in [-0.1, -0.05) is 50.3 Å². The number of aliphatic imine (C=N–C) groups is 1. The molecule has 44 heavy (non-hydrogen) atoms. The lowest BCUT2D eigenvalue weighted by Gasteiger charge is -2.28. The summed E-state index contributed by atoms with van der Waals surface area (Å²) < 4.78 is 88.3. The van der Waals surface area contributed by atoms with Crippen LogP contribution in [0.1, 0.15) is 49.7 Å². The van der Waals surface area contributed by atoms with Gasteiger partial charge in [0, 0.05) is 6.54 Å². The van der Waals surface area contributed by atoms with E-state index in [1.807, 2.05) is 0 Å². The summed E-state index contributed by atoms with van der Waals surface area (Å²) in [5.41, 5.74) is 5.77. The van der Waals surface area contributed by atoms with Crippen molar-refractivity contribution in [2.75, 3.05) is 19.1 Å². The highest BCUT2D eigenvalue weighted by molar-refractivity contribution is 5.98. The first kappa shape index (κ1) is 34.3. The largest absolute Gasteiger partial charge is 0.493 e. The second-order valence-electron chi connectivity index (χ2n) is 10.3. The monoisotopic (exact) mass is 631 g/mol. The molecule has 0 aromatic heterocycles. The minimum absolute atomic E-state index is 0.0633. The number of hydrogen-bond acceptors (Lipinski definition) is 6. The van der Waals surface area contributed by atoms with Crippen LogP contribution in [-0.4, -0.2) is 50.6 Å². The minimum Gasteiger partial charge on any atom is -0.493 e. The number of amides is 2. The zero-order valence-corrected chi connectivity index (χ0v) is 24.2. The molecule has 0 spiro atoms. The molecule has 1 saturated carbocycles. The number of ether oxygens (including phenoxy) is 2. The van der Waals surface area contributed by atoms with E-state index in [0.29, 0.717) is 35.6 Å². The van der Waals surface area contributed by atoms with Gasteiger partial charge < -0.3 is 20.5 Å². The standard InChI is InChI=1S/C29H35F6N5O4/c1-43-23-13-10-20(15-24(23)44-2)16-25(41)39-27(36)38-22(14-18-6-4-3-5-7-18)26(42)37-17-19-8-11-21(12-9-19)40(28(30,31)32)29(33,34)35/h8-13,15,18,22H,3-7,14,16-17H2,1-2H3,(H,37,42)(H3,36,38,39,41). The molecule has 1 atom stereocenters. The molecule has 0 heterocycles. The summed E-state index contributed by atoms with van der Waals surface area (Å²) in [6.45, 7) is -0.181. The average Bonchev–Trinajstić information content (AvgIpc) is 2.95. The van der Waals surface area contributed by atoms with Gasteiger partial charge in [-0.3, -0.25) is 14.9 Å². The molecular formula is C29H35F6N5O4. The van der Waals surface area contributed by atoms with E-state index in [2.05, 4.69) is 15.6 Å². The quantitative estimate of drug-likeness (QED) is 0.136. The van der Waals surface area contributed by atoms with Crippen molar-refractivity contribution in [3.8, 4) is 11.5 Å². The van der Waals surface area contributed by atoms with Crippen molar-refractivity contribution in [2.45, 2.75) is 70.1 Å². The van der Waals surface area contributed by atoms with Crippen LogP contribution in [0.15, 0.2) is 47.5 Å². The molecule has 3 rings (SSSR count). The molecule has 0 aliphatic heterocycles. The van der Waals surface area contributed by atoms with Crippen LogP contribution in [-0.2, 0) is 22.6 Å². The number of methoxy groups -OCH3 is 2. The molecule has 242 valence electrons. The van der Waals surface area contributed by atoms with Crippen LogP contribution < -0.4 is 30.7 Å². The summed E-state index contributed by atoms with van der Waals surface area (Å²) >= 11 is 0. The molecule has 1 fully saturated rings. The number of anilines is 1. The number of benzene rings is 2. The van der Waals surface area contributed by atoms with Crippen molar-refractivity contribution in [1.82, 2.24) is 10.6 Å². The first-order chi connectivity index (χ1) is 20.7. The molecule has 0 bridgehead atoms. The Balaban J connectivity index is 1.68. The Morgan fingerprint density at radius 2 is 1.52 bits per heavy atom. The molecule has 0 radical (unpaired) electrons. The summed E-state index contributed by atoms with van der Waals surface area (Å²) in [7, 11) is 2.95. The number of hydrogen-bond donors (Lipinski definition) is 3. The fourth-order valence-corrected chi connectivity index (χ4v) is 5.03. The maximum absolute atomic E-state index is 13.2. The Labute approximate surface area is 250 Å². The van der Waals surface area contributed by atoms with Gasteiger partial charge in [0.25, 0.3) is 0 Å². The number of rotatable bonds is 11. The molecular weight excluding hydrogens is 596 g/mol. The molecule has 2 aromatic carbocycles. The van der Waals surface area contributed by atoms with Crippen LogP contribution in [0.25, 0.3) is 0 Å². The fraction of sp³-hybridized carbons (Fsp3) is 0.483. The van der Waals surface area contributed by atoms with Gasteiger partial charge in [0.2, 0.25) is 11.8 Å². The molecule has 1 unspecified atom stereocenters. The SMILES string of the molecule is COc1ccc(CC(=O)NC(N)=NC(CC2CCCCC2)C(=O)NCc2ccc(N(C(F)(F)F)C(F)(F)F)cc2)cc1OC. The number of alkyl halides is 6. The fourth-order valence-electron chi connectivity index (χ4n) is 5.03. The predicted octanol–water partition coefficient (Wildman–Crippen LogP) is 5.18. The Morgan fingerprint density at radius 3 is 2.09 bits per heavy atom. The van der Waals surface area contributed by atoms with Gasteiger partial charge in [0.05, 0.1) is 26.3 Å². The van der Waals surface area contributed by atoms with Gasteiger partial charge in [-0.25, -0.2) is 4.99 Å². The summed E-state index contributed by atoms with van der Waals surface area (Å²) in [5.74, 6) is -0.180. The van der Waals surface area contributed by atoms with E-state index in [0.717, 1.165) is 44.2 Å². The minimum atomic E-state index is -5.67. The van der Waals surface area contributed by atoms with Crippen molar-refractivity contribution in [3.05, 3.63) is 53.6 Å². The van der Waals surface area contributed by atoms with E-state index < -0.39 is 41.0 Å². The Bertz CT molecular complexity index is 1280. The third-order valence-electron chi connectivity index (χ3n) is 7.13. The second-order valence-corrected chi connectivity index (χ2v) is 10.3. The summed E-state index contributed by atoms with van der Waals surface area (Å²) in [6.07, 6.45) is -6.19. The van der Waals surface area contributed by atoms with Crippen LogP contribution >= 0.6 is 0 Å². The van der Waals surface area contributed by atoms with Crippen molar-refractivity contribution in [3.63, 3.8) is 0 Å². The van der Waals surface area contributed by atoms with E-state index in [1.165, 1.54) is 14.2 Å². The van der Waals surface area contributed by atoms with Crippen LogP contribution in [0.4, 0.5) is 32.0 Å². The normalized spacial score (nSPS) is 15.3. The molecule has 9 nitrogen and oxygen atoms in total. The van der Waals surface area contributed by atoms with E-state index >= 15 is 0 Å². The molecule has 0 saturated heterocycles. The number of nitrogens with zero attached hydrogens (tertiary/aromatic N) is 2. The van der Waals surface area contributed by atoms with Crippen LogP contribution in [0.5, 0.6) is 11.5 Å². The zero-order chi connectivity index (χ0) is 32.5. The van der Waals surface area contributed by atoms with E-state index in [9.17, 15) is 35.9 Å². The van der Waals surface area contributed by atoms with Crippen molar-refractivity contribution in [1.29, 1.82) is 0 Å². The number of nitrogens with two attached hydrogens (primary N) is 1. The summed E-state index contributed by atoms with van der Waals surface area (Å²) in [6, 6.07) is 7.46. The van der Waals surface area contributed by atoms with E-state index in [4.69, 9.17) is 15.2 Å². The third-order valence-corrected chi connectivity index (χ3v) is 7.13. The van der Waals surface area contributed by atoms with E-state index in [1.54, 1.807) is 18.2 Å². The molecule has 15 heteroatoms. The average molecular weight is 632 g/mol. The van der Waals surface area contributed by atoms with Gasteiger partial charge in [0.1, 0.15) is 6.04 Å². The highest BCUT2D eigenvalue weighted by Gasteiger charge is 2.53. The Hall–Kier alpha value is -4.17. The van der Waals surface area contributed by atoms with Crippen LogP contribution in [0.3, 0.4) is 0 Å². The number of carbonyl (C=O) groups excluding carboxylic acids is 2. The van der Waals surface area contributed by atoms with Gasteiger partial charge >= 0.3 is 12.6 Å². The Morgan fingerprint density at radius 1 is 0.932 bits per heavy atom. The summed E-state index contributed by atoms with van der Waals surface area (Å²) in [5, 5.41) is 5.10. The maximum Gasteiger partial charge on any atom is 0.491 e. The number of guanidine groups is 1. The predicted molar refractivity (Wildman–Crippen MR) is 151 cm³/mol. The van der Waals surface area contributed by atoms with Crippen LogP contribution in [0, 0.1) is 5.92 Å². The second kappa shape index (κ2) is 15.0. The van der Waals surface area contributed by atoms with Gasteiger partial charge in [-0.2, -0.15) is 4.90 Å². The van der Waals surface area contributed by atoms with Gasteiger partial charge in [-0.15, -0.1) is 26.3 Å². The molecule has 2 amide bonds. The lowest BCUT2D eigenvalue weighted by atomic mass is 9.84. The Kier molecular flexibility index (Phi) is 11.7. The van der Waals surface area contributed by atoms with Gasteiger partial charge in [0.15, 0.2) is 17.5 Å². The maximum atomic E-state index is 13.2. The first-order valence-corrected chi connectivity index (χ1v) is 13.9. The molecule has 1 aliphatic carbocycles. The molecule has 1 aliphatic rings. The summed E-state index contributed by atoms with van der Waals surface area (Å²) in [4.78, 5) is 28.5. The number of nitrogens with one attached hydrogen (secondary N) is 2. The molecule has 4 N–H and O–H groups in total. The lowest BCUT2D eigenvalue weighted by molar-refractivity contribution is -0.226. The van der Waals surface area contributed by atoms with Crippen molar-refractivity contribution >= 4 is 23.5 Å². The first-order valence-electron chi connectivity index (χ1n) is 13.9. The van der Waals surface area contributed by atoms with E-state index in [-0.39, 0.29) is 30.4 Å².